The van der Waals surface area contributed by atoms with E-state index in [2.05, 4.69) is 4.74 Å². The summed E-state index contributed by atoms with van der Waals surface area (Å²) in [6.45, 7) is 2.41. The number of carbonyl (C=O) groups is 2. The molecule has 2 rings (SSSR count). The van der Waals surface area contributed by atoms with Crippen LogP contribution in [0.5, 0.6) is 0 Å². The first-order valence-electron chi connectivity index (χ1n) is 6.18. The number of unbranched alkanes of at least 4 members (excludes halogenated alkanes) is 1. The predicted octanol–water partition coefficient (Wildman–Crippen LogP) is 0.527. The topological polar surface area (TPSA) is 106 Å². The van der Waals surface area contributed by atoms with Gasteiger partial charge in [-0.25, -0.2) is 9.59 Å². The summed E-state index contributed by atoms with van der Waals surface area (Å²) in [7, 11) is 0. The molecule has 4 atom stereocenters. The molecule has 19 heavy (non-hydrogen) atoms. The van der Waals surface area contributed by atoms with E-state index in [-0.39, 0.29) is 6.61 Å². The van der Waals surface area contributed by atoms with Gasteiger partial charge in [-0.3, -0.25) is 0 Å². The van der Waals surface area contributed by atoms with E-state index in [1.165, 1.54) is 0 Å². The van der Waals surface area contributed by atoms with Crippen molar-refractivity contribution in [2.75, 3.05) is 13.2 Å². The SMILES string of the molecule is CCCCO[C@@H]1OC(COC(N)=O)[C@H]2OC(=O)O[C@@H]12. The zero-order valence-electron chi connectivity index (χ0n) is 10.6. The second kappa shape index (κ2) is 6.07. The number of rotatable bonds is 6. The van der Waals surface area contributed by atoms with Crippen molar-refractivity contribution in [1.82, 2.24) is 0 Å². The van der Waals surface area contributed by atoms with Crippen LogP contribution in [0.2, 0.25) is 0 Å². The molecule has 0 aromatic rings. The Balaban J connectivity index is 1.91. The van der Waals surface area contributed by atoms with Gasteiger partial charge in [-0.2, -0.15) is 0 Å². The fourth-order valence-corrected chi connectivity index (χ4v) is 1.99. The Morgan fingerprint density at radius 2 is 2.11 bits per heavy atom. The molecule has 2 saturated heterocycles. The Labute approximate surface area is 110 Å². The molecule has 2 heterocycles. The molecule has 8 heteroatoms. The maximum Gasteiger partial charge on any atom is 0.509 e. The number of amides is 1. The van der Waals surface area contributed by atoms with Crippen molar-refractivity contribution >= 4 is 12.2 Å². The molecule has 8 nitrogen and oxygen atoms in total. The van der Waals surface area contributed by atoms with Gasteiger partial charge in [0.1, 0.15) is 12.7 Å². The summed E-state index contributed by atoms with van der Waals surface area (Å²) < 4.78 is 25.6. The first kappa shape index (κ1) is 13.9. The van der Waals surface area contributed by atoms with Crippen LogP contribution in [-0.4, -0.2) is 50.1 Å². The Morgan fingerprint density at radius 1 is 1.37 bits per heavy atom. The van der Waals surface area contributed by atoms with Gasteiger partial charge in [-0.15, -0.1) is 0 Å². The highest BCUT2D eigenvalue weighted by molar-refractivity contribution is 5.64. The van der Waals surface area contributed by atoms with Crippen LogP contribution in [0.15, 0.2) is 0 Å². The van der Waals surface area contributed by atoms with E-state index in [1.807, 2.05) is 6.92 Å². The second-order valence-electron chi connectivity index (χ2n) is 4.31. The summed E-state index contributed by atoms with van der Waals surface area (Å²) in [6, 6.07) is 0. The van der Waals surface area contributed by atoms with Crippen LogP contribution in [0.1, 0.15) is 19.8 Å². The summed E-state index contributed by atoms with van der Waals surface area (Å²) in [5, 5.41) is 0. The number of carbonyl (C=O) groups excluding carboxylic acids is 2. The number of primary amides is 1. The van der Waals surface area contributed by atoms with Gasteiger partial charge < -0.3 is 29.4 Å². The van der Waals surface area contributed by atoms with Crippen LogP contribution in [0.3, 0.4) is 0 Å². The van der Waals surface area contributed by atoms with Crippen LogP contribution >= 0.6 is 0 Å². The standard InChI is InChI=1S/C11H17NO7/c1-2-3-4-15-9-8-7(18-11(14)19-8)6(17-9)5-16-10(12)13/h6-9H,2-5H2,1H3,(H2,12,13)/t6?,7-,8-,9-/m1/s1. The highest BCUT2D eigenvalue weighted by Crippen LogP contribution is 2.32. The van der Waals surface area contributed by atoms with Gasteiger partial charge in [-0.05, 0) is 6.42 Å². The van der Waals surface area contributed by atoms with Gasteiger partial charge in [0, 0.05) is 6.61 Å². The zero-order valence-corrected chi connectivity index (χ0v) is 10.6. The number of hydrogen-bond donors (Lipinski definition) is 1. The molecule has 2 aliphatic rings. The molecular formula is C11H17NO7. The first-order valence-corrected chi connectivity index (χ1v) is 6.18. The average Bonchev–Trinajstić information content (AvgIpc) is 2.86. The van der Waals surface area contributed by atoms with Crippen LogP contribution in [0, 0.1) is 0 Å². The van der Waals surface area contributed by atoms with Crippen molar-refractivity contribution < 1.29 is 33.3 Å². The van der Waals surface area contributed by atoms with Gasteiger partial charge in [0.15, 0.2) is 18.5 Å². The lowest BCUT2D eigenvalue weighted by Crippen LogP contribution is -2.33. The Kier molecular flexibility index (Phi) is 4.43. The summed E-state index contributed by atoms with van der Waals surface area (Å²) in [5.41, 5.74) is 4.88. The van der Waals surface area contributed by atoms with Gasteiger partial charge in [-0.1, -0.05) is 13.3 Å². The molecule has 2 fully saturated rings. The summed E-state index contributed by atoms with van der Waals surface area (Å²) >= 11 is 0. The van der Waals surface area contributed by atoms with Crippen LogP contribution in [0.25, 0.3) is 0 Å². The third kappa shape index (κ3) is 3.27. The number of hydrogen-bond acceptors (Lipinski definition) is 7. The van der Waals surface area contributed by atoms with Crippen LogP contribution in [-0.2, 0) is 23.7 Å². The minimum Gasteiger partial charge on any atom is -0.447 e. The molecule has 0 aromatic heterocycles. The molecule has 1 unspecified atom stereocenters. The van der Waals surface area contributed by atoms with E-state index >= 15 is 0 Å². The summed E-state index contributed by atoms with van der Waals surface area (Å²) in [5.74, 6) is 0. The van der Waals surface area contributed by atoms with Crippen LogP contribution in [0.4, 0.5) is 9.59 Å². The highest BCUT2D eigenvalue weighted by atomic mass is 16.8. The smallest absolute Gasteiger partial charge is 0.447 e. The van der Waals surface area contributed by atoms with E-state index < -0.39 is 36.9 Å². The lowest BCUT2D eigenvalue weighted by Gasteiger charge is -2.16. The zero-order chi connectivity index (χ0) is 13.8. The normalized spacial score (nSPS) is 32.6. The van der Waals surface area contributed by atoms with E-state index in [1.54, 1.807) is 0 Å². The van der Waals surface area contributed by atoms with E-state index in [9.17, 15) is 9.59 Å². The Morgan fingerprint density at radius 3 is 2.79 bits per heavy atom. The van der Waals surface area contributed by atoms with Gasteiger partial charge in [0.2, 0.25) is 0 Å². The largest absolute Gasteiger partial charge is 0.509 e. The fraction of sp³-hybridized carbons (Fsp3) is 0.818. The molecule has 0 radical (unpaired) electrons. The maximum absolute atomic E-state index is 11.1. The van der Waals surface area contributed by atoms with Crippen LogP contribution < -0.4 is 5.73 Å². The molecule has 0 spiro atoms. The maximum atomic E-state index is 11.1. The third-order valence-electron chi connectivity index (χ3n) is 2.90. The van der Waals surface area contributed by atoms with Gasteiger partial charge in [0.25, 0.3) is 0 Å². The number of fused-ring (bicyclic) bond motifs is 1. The predicted molar refractivity (Wildman–Crippen MR) is 60.2 cm³/mol. The molecule has 0 saturated carbocycles. The minimum atomic E-state index is -0.916. The number of nitrogens with two attached hydrogens (primary N) is 1. The van der Waals surface area contributed by atoms with Crippen molar-refractivity contribution in [2.45, 2.75) is 44.4 Å². The monoisotopic (exact) mass is 275 g/mol. The quantitative estimate of drug-likeness (QED) is 0.556. The Bertz CT molecular complexity index is 348. The molecule has 0 bridgehead atoms. The Hall–Kier alpha value is -1.54. The molecule has 0 aliphatic carbocycles. The van der Waals surface area contributed by atoms with Crippen molar-refractivity contribution in [3.63, 3.8) is 0 Å². The van der Waals surface area contributed by atoms with Crippen molar-refractivity contribution in [3.8, 4) is 0 Å². The number of ether oxygens (including phenoxy) is 5. The summed E-state index contributed by atoms with van der Waals surface area (Å²) in [6.07, 6.45) is -2.45. The van der Waals surface area contributed by atoms with Crippen molar-refractivity contribution in [3.05, 3.63) is 0 Å². The first-order chi connectivity index (χ1) is 9.11. The van der Waals surface area contributed by atoms with Gasteiger partial charge >= 0.3 is 12.2 Å². The van der Waals surface area contributed by atoms with E-state index in [0.29, 0.717) is 6.61 Å². The van der Waals surface area contributed by atoms with Gasteiger partial charge in [0.05, 0.1) is 0 Å². The third-order valence-corrected chi connectivity index (χ3v) is 2.90. The van der Waals surface area contributed by atoms with E-state index in [4.69, 9.17) is 24.7 Å². The molecule has 1 amide bonds. The lowest BCUT2D eigenvalue weighted by atomic mass is 10.1. The average molecular weight is 275 g/mol. The fourth-order valence-electron chi connectivity index (χ4n) is 1.99. The molecule has 2 aliphatic heterocycles. The second-order valence-corrected chi connectivity index (χ2v) is 4.31. The van der Waals surface area contributed by atoms with Crippen molar-refractivity contribution in [1.29, 1.82) is 0 Å². The lowest BCUT2D eigenvalue weighted by molar-refractivity contribution is -0.172. The van der Waals surface area contributed by atoms with E-state index in [0.717, 1.165) is 12.8 Å². The molecule has 0 aromatic carbocycles. The van der Waals surface area contributed by atoms with Crippen molar-refractivity contribution in [2.24, 2.45) is 5.73 Å². The molecule has 2 N–H and O–H groups in total. The summed E-state index contributed by atoms with van der Waals surface area (Å²) in [4.78, 5) is 21.7. The molecular weight excluding hydrogens is 258 g/mol. The molecule has 108 valence electrons. The minimum absolute atomic E-state index is 0.110. The highest BCUT2D eigenvalue weighted by Gasteiger charge is 2.55.